The lowest BCUT2D eigenvalue weighted by atomic mass is 10.3. The smallest absolute Gasteiger partial charge is 0.156 e. The lowest BCUT2D eigenvalue weighted by Gasteiger charge is -1.99. The molecule has 0 heterocycles. The monoisotopic (exact) mass is 213 g/mol. The molecule has 0 aliphatic heterocycles. The number of azo groups is 1. The van der Waals surface area contributed by atoms with Crippen LogP contribution >= 0.6 is 0 Å². The second-order valence-electron chi connectivity index (χ2n) is 2.95. The first-order valence-electron chi connectivity index (χ1n) is 4.29. The van der Waals surface area contributed by atoms with Crippen LogP contribution in [0.4, 0.5) is 14.5 Å². The van der Waals surface area contributed by atoms with Gasteiger partial charge < -0.3 is 0 Å². The van der Waals surface area contributed by atoms with Crippen molar-refractivity contribution in [2.24, 2.45) is 15.4 Å². The summed E-state index contributed by atoms with van der Waals surface area (Å²) < 4.78 is 26.0. The molecule has 0 radical (unpaired) electrons. The van der Waals surface area contributed by atoms with E-state index in [0.717, 1.165) is 12.1 Å². The van der Waals surface area contributed by atoms with Crippen LogP contribution in [0, 0.1) is 16.5 Å². The Hall–Kier alpha value is -1.72. The predicted octanol–water partition coefficient (Wildman–Crippen LogP) is 3.20. The van der Waals surface area contributed by atoms with Crippen molar-refractivity contribution in [3.05, 3.63) is 34.7 Å². The molecule has 1 rings (SSSR count). The number of hydrogen-bond donors (Lipinski definition) is 0. The fourth-order valence-electron chi connectivity index (χ4n) is 0.885. The standard InChI is InChI=1S/C9H9F2N3O/c1-6(5-12-15)13-14-9-7(10)3-2-4-8(9)11/h2-4,6H,5H2,1H3. The second-order valence-corrected chi connectivity index (χ2v) is 2.95. The van der Waals surface area contributed by atoms with Crippen LogP contribution < -0.4 is 0 Å². The normalized spacial score (nSPS) is 13.0. The van der Waals surface area contributed by atoms with E-state index in [1.807, 2.05) is 0 Å². The molecule has 6 heteroatoms. The first-order valence-corrected chi connectivity index (χ1v) is 4.29. The van der Waals surface area contributed by atoms with Gasteiger partial charge >= 0.3 is 0 Å². The number of halogens is 2. The van der Waals surface area contributed by atoms with Gasteiger partial charge in [0.2, 0.25) is 0 Å². The summed E-state index contributed by atoms with van der Waals surface area (Å²) >= 11 is 0. The van der Waals surface area contributed by atoms with Gasteiger partial charge in [0.05, 0.1) is 6.04 Å². The highest BCUT2D eigenvalue weighted by atomic mass is 19.1. The Kier molecular flexibility index (Phi) is 3.96. The summed E-state index contributed by atoms with van der Waals surface area (Å²) in [4.78, 5) is 9.86. The molecule has 0 bridgehead atoms. The minimum atomic E-state index is -0.787. The van der Waals surface area contributed by atoms with Crippen LogP contribution in [-0.2, 0) is 0 Å². The maximum absolute atomic E-state index is 13.0. The van der Waals surface area contributed by atoms with Gasteiger partial charge in [0.1, 0.15) is 6.54 Å². The summed E-state index contributed by atoms with van der Waals surface area (Å²) in [7, 11) is 0. The average molecular weight is 213 g/mol. The molecule has 0 fully saturated rings. The topological polar surface area (TPSA) is 54.1 Å². The zero-order valence-corrected chi connectivity index (χ0v) is 8.02. The van der Waals surface area contributed by atoms with Crippen LogP contribution in [0.2, 0.25) is 0 Å². The highest BCUT2D eigenvalue weighted by Gasteiger charge is 2.07. The number of benzene rings is 1. The molecular formula is C9H9F2N3O. The van der Waals surface area contributed by atoms with Crippen molar-refractivity contribution in [3.63, 3.8) is 0 Å². The van der Waals surface area contributed by atoms with Gasteiger partial charge in [-0.3, -0.25) is 0 Å². The van der Waals surface area contributed by atoms with E-state index in [1.54, 1.807) is 6.92 Å². The Morgan fingerprint density at radius 1 is 1.33 bits per heavy atom. The predicted molar refractivity (Wildman–Crippen MR) is 51.0 cm³/mol. The van der Waals surface area contributed by atoms with Crippen LogP contribution in [-0.4, -0.2) is 12.6 Å². The lowest BCUT2D eigenvalue weighted by Crippen LogP contribution is -2.00. The Bertz CT molecular complexity index is 361. The third kappa shape index (κ3) is 3.16. The van der Waals surface area contributed by atoms with E-state index in [-0.39, 0.29) is 6.54 Å². The largest absolute Gasteiger partial charge is 0.204 e. The first kappa shape index (κ1) is 11.4. The van der Waals surface area contributed by atoms with E-state index in [1.165, 1.54) is 6.07 Å². The van der Waals surface area contributed by atoms with Crippen LogP contribution in [0.5, 0.6) is 0 Å². The number of rotatable bonds is 4. The SMILES string of the molecule is CC(CN=O)N=Nc1c(F)cccc1F. The van der Waals surface area contributed by atoms with Crippen molar-refractivity contribution in [1.29, 1.82) is 0 Å². The quantitative estimate of drug-likeness (QED) is 0.559. The Morgan fingerprint density at radius 2 is 1.93 bits per heavy atom. The van der Waals surface area contributed by atoms with Gasteiger partial charge in [-0.15, -0.1) is 5.11 Å². The van der Waals surface area contributed by atoms with E-state index in [0.29, 0.717) is 0 Å². The molecule has 0 amide bonds. The van der Waals surface area contributed by atoms with E-state index >= 15 is 0 Å². The molecule has 0 saturated carbocycles. The van der Waals surface area contributed by atoms with E-state index in [2.05, 4.69) is 15.4 Å². The van der Waals surface area contributed by atoms with Crippen LogP contribution in [0.1, 0.15) is 6.92 Å². The Morgan fingerprint density at radius 3 is 2.47 bits per heavy atom. The summed E-state index contributed by atoms with van der Waals surface area (Å²) in [6.07, 6.45) is 0. The van der Waals surface area contributed by atoms with Crippen LogP contribution in [0.25, 0.3) is 0 Å². The molecule has 1 aromatic rings. The number of hydrogen-bond acceptors (Lipinski definition) is 4. The van der Waals surface area contributed by atoms with Gasteiger partial charge in [-0.05, 0) is 19.1 Å². The van der Waals surface area contributed by atoms with Crippen LogP contribution in [0.15, 0.2) is 33.6 Å². The van der Waals surface area contributed by atoms with Gasteiger partial charge in [-0.2, -0.15) is 10.0 Å². The zero-order valence-electron chi connectivity index (χ0n) is 8.02. The fourth-order valence-corrected chi connectivity index (χ4v) is 0.885. The summed E-state index contributed by atoms with van der Waals surface area (Å²) in [5.41, 5.74) is -0.449. The third-order valence-corrected chi connectivity index (χ3v) is 1.63. The minimum absolute atomic E-state index is 0.0699. The average Bonchev–Trinajstić information content (AvgIpc) is 2.17. The van der Waals surface area contributed by atoms with E-state index < -0.39 is 23.4 Å². The summed E-state index contributed by atoms with van der Waals surface area (Å²) in [5, 5.41) is 9.56. The summed E-state index contributed by atoms with van der Waals surface area (Å²) in [6, 6.07) is 2.92. The van der Waals surface area contributed by atoms with Crippen molar-refractivity contribution in [2.45, 2.75) is 13.0 Å². The van der Waals surface area contributed by atoms with Crippen molar-refractivity contribution in [2.75, 3.05) is 6.54 Å². The molecule has 0 aliphatic rings. The minimum Gasteiger partial charge on any atom is -0.204 e. The molecule has 1 unspecified atom stereocenters. The van der Waals surface area contributed by atoms with Crippen molar-refractivity contribution in [1.82, 2.24) is 0 Å². The molecule has 1 aromatic carbocycles. The molecule has 0 spiro atoms. The van der Waals surface area contributed by atoms with E-state index in [4.69, 9.17) is 0 Å². The summed E-state index contributed by atoms with van der Waals surface area (Å²) in [5.74, 6) is -1.57. The summed E-state index contributed by atoms with van der Waals surface area (Å²) in [6.45, 7) is 1.50. The highest BCUT2D eigenvalue weighted by molar-refractivity contribution is 5.38. The number of nitroso groups, excluding NO2 is 1. The molecular weight excluding hydrogens is 204 g/mol. The maximum Gasteiger partial charge on any atom is 0.156 e. The van der Waals surface area contributed by atoms with Gasteiger partial charge in [0.25, 0.3) is 0 Å². The maximum atomic E-state index is 13.0. The van der Waals surface area contributed by atoms with Crippen molar-refractivity contribution in [3.8, 4) is 0 Å². The Balaban J connectivity index is 2.84. The van der Waals surface area contributed by atoms with Gasteiger partial charge in [-0.25, -0.2) is 8.78 Å². The zero-order chi connectivity index (χ0) is 11.3. The molecule has 0 N–H and O–H groups in total. The molecule has 1 atom stereocenters. The lowest BCUT2D eigenvalue weighted by molar-refractivity contribution is 0.580. The van der Waals surface area contributed by atoms with Gasteiger partial charge in [0, 0.05) is 0 Å². The van der Waals surface area contributed by atoms with E-state index in [9.17, 15) is 13.7 Å². The van der Waals surface area contributed by atoms with Crippen LogP contribution in [0.3, 0.4) is 0 Å². The highest BCUT2D eigenvalue weighted by Crippen LogP contribution is 2.22. The number of nitrogens with zero attached hydrogens (tertiary/aromatic N) is 3. The molecule has 0 aliphatic carbocycles. The fraction of sp³-hybridized carbons (Fsp3) is 0.333. The van der Waals surface area contributed by atoms with Gasteiger partial charge in [0.15, 0.2) is 17.3 Å². The first-order chi connectivity index (χ1) is 7.15. The van der Waals surface area contributed by atoms with Crippen molar-refractivity contribution < 1.29 is 8.78 Å². The van der Waals surface area contributed by atoms with Gasteiger partial charge in [-0.1, -0.05) is 11.2 Å². The second kappa shape index (κ2) is 5.23. The molecule has 0 saturated heterocycles. The third-order valence-electron chi connectivity index (χ3n) is 1.63. The Labute approximate surface area is 85.0 Å². The molecule has 15 heavy (non-hydrogen) atoms. The molecule has 80 valence electrons. The van der Waals surface area contributed by atoms with Crippen molar-refractivity contribution >= 4 is 5.69 Å². The molecule has 0 aromatic heterocycles. The molecule has 4 nitrogen and oxygen atoms in total.